The van der Waals surface area contributed by atoms with Gasteiger partial charge in [0.1, 0.15) is 11.5 Å². The lowest BCUT2D eigenvalue weighted by Crippen LogP contribution is -2.24. The molecule has 2 aromatic rings. The van der Waals surface area contributed by atoms with Gasteiger partial charge in [-0.3, -0.25) is 15.4 Å². The number of nitrogen functional groups attached to an aromatic ring is 1. The molecule has 0 aliphatic heterocycles. The van der Waals surface area contributed by atoms with Crippen LogP contribution < -0.4 is 5.73 Å². The van der Waals surface area contributed by atoms with Gasteiger partial charge >= 0.3 is 0 Å². The van der Waals surface area contributed by atoms with E-state index < -0.39 is 0 Å². The van der Waals surface area contributed by atoms with Crippen LogP contribution in [0.5, 0.6) is 0 Å². The van der Waals surface area contributed by atoms with Crippen LogP contribution in [0.3, 0.4) is 0 Å². The number of hydrogen-bond acceptors (Lipinski definition) is 4. The summed E-state index contributed by atoms with van der Waals surface area (Å²) in [5.41, 5.74) is 8.38. The smallest absolute Gasteiger partial charge is 0.142 e. The summed E-state index contributed by atoms with van der Waals surface area (Å²) in [4.78, 5) is 10.4. The maximum atomic E-state index is 7.55. The normalized spacial score (nSPS) is 10.7. The van der Waals surface area contributed by atoms with Gasteiger partial charge in [-0.05, 0) is 42.8 Å². The summed E-state index contributed by atoms with van der Waals surface area (Å²) in [6, 6.07) is 7.89. The highest BCUT2D eigenvalue weighted by atomic mass is 15.1. The maximum absolute atomic E-state index is 7.55. The van der Waals surface area contributed by atoms with Gasteiger partial charge in [0.15, 0.2) is 0 Å². The van der Waals surface area contributed by atoms with Crippen molar-refractivity contribution >= 4 is 5.84 Å². The van der Waals surface area contributed by atoms with Crippen molar-refractivity contribution in [1.82, 2.24) is 14.9 Å². The molecule has 20 heavy (non-hydrogen) atoms. The van der Waals surface area contributed by atoms with Crippen molar-refractivity contribution in [2.75, 3.05) is 13.6 Å². The third-order valence-electron chi connectivity index (χ3n) is 3.12. The van der Waals surface area contributed by atoms with Crippen LogP contribution in [0, 0.1) is 5.41 Å². The Morgan fingerprint density at radius 2 is 2.00 bits per heavy atom. The van der Waals surface area contributed by atoms with Crippen LogP contribution in [0.4, 0.5) is 0 Å². The summed E-state index contributed by atoms with van der Waals surface area (Å²) < 4.78 is 0. The van der Waals surface area contributed by atoms with E-state index in [9.17, 15) is 0 Å². The van der Waals surface area contributed by atoms with Crippen LogP contribution in [0.1, 0.15) is 16.8 Å². The third-order valence-corrected chi connectivity index (χ3v) is 3.12. The average Bonchev–Trinajstić information content (AvgIpc) is 2.46. The third kappa shape index (κ3) is 3.86. The Morgan fingerprint density at radius 1 is 1.25 bits per heavy atom. The molecule has 0 spiro atoms. The topological polar surface area (TPSA) is 78.9 Å². The number of nitrogens with one attached hydrogen (secondary N) is 1. The Hall–Kier alpha value is -2.27. The number of hydrogen-bond donors (Lipinski definition) is 2. The lowest BCUT2D eigenvalue weighted by Gasteiger charge is -2.18. The van der Waals surface area contributed by atoms with E-state index in [1.54, 1.807) is 6.20 Å². The van der Waals surface area contributed by atoms with Crippen LogP contribution in [0.2, 0.25) is 0 Å². The van der Waals surface area contributed by atoms with Crippen LogP contribution in [-0.4, -0.2) is 34.3 Å². The van der Waals surface area contributed by atoms with Gasteiger partial charge in [0.05, 0.1) is 0 Å². The number of likely N-dealkylation sites (N-methyl/N-ethyl adjacent to an activating group) is 1. The van der Waals surface area contributed by atoms with E-state index in [1.807, 2.05) is 36.7 Å². The van der Waals surface area contributed by atoms with Crippen LogP contribution in [-0.2, 0) is 13.0 Å². The molecular formula is C15H19N5. The van der Waals surface area contributed by atoms with E-state index in [2.05, 4.69) is 21.9 Å². The predicted octanol–water partition coefficient (Wildman–Crippen LogP) is 1.44. The van der Waals surface area contributed by atoms with Gasteiger partial charge in [0.25, 0.3) is 0 Å². The molecule has 104 valence electrons. The maximum Gasteiger partial charge on any atom is 0.142 e. The average molecular weight is 269 g/mol. The predicted molar refractivity (Wildman–Crippen MR) is 79.5 cm³/mol. The van der Waals surface area contributed by atoms with Crippen molar-refractivity contribution in [3.05, 3.63) is 59.7 Å². The van der Waals surface area contributed by atoms with Gasteiger partial charge in [0, 0.05) is 31.7 Å². The van der Waals surface area contributed by atoms with Gasteiger partial charge in [-0.2, -0.15) is 0 Å². The van der Waals surface area contributed by atoms with Crippen molar-refractivity contribution in [1.29, 1.82) is 5.41 Å². The van der Waals surface area contributed by atoms with Crippen molar-refractivity contribution in [2.24, 2.45) is 5.73 Å². The molecule has 0 atom stereocenters. The van der Waals surface area contributed by atoms with E-state index in [1.165, 1.54) is 5.56 Å². The summed E-state index contributed by atoms with van der Waals surface area (Å²) in [6.07, 6.45) is 6.25. The fourth-order valence-electron chi connectivity index (χ4n) is 2.05. The molecule has 0 aliphatic rings. The zero-order chi connectivity index (χ0) is 14.4. The quantitative estimate of drug-likeness (QED) is 0.614. The number of amidine groups is 1. The zero-order valence-electron chi connectivity index (χ0n) is 11.6. The summed E-state index contributed by atoms with van der Waals surface area (Å²) in [7, 11) is 2.05. The standard InChI is InChI=1S/C15H19N5/c1-20(10-6-12-4-8-18-9-5-12)11-13-3-2-7-19-14(13)15(16)17/h2-5,7-9H,6,10-11H2,1H3,(H3,16,17). The highest BCUT2D eigenvalue weighted by Crippen LogP contribution is 2.08. The van der Waals surface area contributed by atoms with Gasteiger partial charge < -0.3 is 10.6 Å². The minimum Gasteiger partial charge on any atom is -0.382 e. The molecule has 3 N–H and O–H groups in total. The lowest BCUT2D eigenvalue weighted by molar-refractivity contribution is 0.330. The van der Waals surface area contributed by atoms with Gasteiger partial charge in [-0.25, -0.2) is 0 Å². The molecule has 0 aromatic carbocycles. The second kappa shape index (κ2) is 6.77. The van der Waals surface area contributed by atoms with E-state index >= 15 is 0 Å². The number of pyridine rings is 2. The molecule has 0 fully saturated rings. The molecule has 0 bridgehead atoms. The van der Waals surface area contributed by atoms with Crippen LogP contribution in [0.15, 0.2) is 42.9 Å². The monoisotopic (exact) mass is 269 g/mol. The zero-order valence-corrected chi connectivity index (χ0v) is 11.6. The molecule has 0 amide bonds. The number of nitrogens with two attached hydrogens (primary N) is 1. The minimum atomic E-state index is 0.0168. The molecule has 0 radical (unpaired) electrons. The molecule has 5 nitrogen and oxygen atoms in total. The van der Waals surface area contributed by atoms with Gasteiger partial charge in [-0.15, -0.1) is 0 Å². The summed E-state index contributed by atoms with van der Waals surface area (Å²) in [5, 5.41) is 7.55. The molecule has 0 unspecified atom stereocenters. The van der Waals surface area contributed by atoms with Gasteiger partial charge in [-0.1, -0.05) is 6.07 Å². The second-order valence-corrected chi connectivity index (χ2v) is 4.77. The molecule has 2 heterocycles. The largest absolute Gasteiger partial charge is 0.382 e. The first kappa shape index (κ1) is 14.1. The number of nitrogens with zero attached hydrogens (tertiary/aromatic N) is 3. The van der Waals surface area contributed by atoms with Crippen molar-refractivity contribution in [3.63, 3.8) is 0 Å². The Labute approximate surface area is 119 Å². The van der Waals surface area contributed by atoms with E-state index in [4.69, 9.17) is 11.1 Å². The molecular weight excluding hydrogens is 250 g/mol. The molecule has 2 aromatic heterocycles. The molecule has 0 saturated carbocycles. The minimum absolute atomic E-state index is 0.0168. The Kier molecular flexibility index (Phi) is 4.79. The Balaban J connectivity index is 1.95. The fourth-order valence-corrected chi connectivity index (χ4v) is 2.05. The first-order valence-corrected chi connectivity index (χ1v) is 6.52. The first-order valence-electron chi connectivity index (χ1n) is 6.52. The summed E-state index contributed by atoms with van der Waals surface area (Å²) in [6.45, 7) is 1.66. The lowest BCUT2D eigenvalue weighted by atomic mass is 10.1. The van der Waals surface area contributed by atoms with E-state index in [0.29, 0.717) is 5.69 Å². The fraction of sp³-hybridized carbons (Fsp3) is 0.267. The first-order chi connectivity index (χ1) is 9.66. The number of rotatable bonds is 6. The van der Waals surface area contributed by atoms with Crippen LogP contribution in [0.25, 0.3) is 0 Å². The van der Waals surface area contributed by atoms with Crippen molar-refractivity contribution in [3.8, 4) is 0 Å². The SMILES string of the molecule is CN(CCc1ccncc1)Cc1cccnc1C(=N)N. The summed E-state index contributed by atoms with van der Waals surface area (Å²) in [5.74, 6) is 0.0168. The van der Waals surface area contributed by atoms with Crippen LogP contribution >= 0.6 is 0 Å². The highest BCUT2D eigenvalue weighted by molar-refractivity contribution is 5.94. The number of aromatic nitrogens is 2. The highest BCUT2D eigenvalue weighted by Gasteiger charge is 2.08. The summed E-state index contributed by atoms with van der Waals surface area (Å²) >= 11 is 0. The molecule has 0 aliphatic carbocycles. The molecule has 0 saturated heterocycles. The van der Waals surface area contributed by atoms with Gasteiger partial charge in [0.2, 0.25) is 0 Å². The molecule has 5 heteroatoms. The van der Waals surface area contributed by atoms with Crippen molar-refractivity contribution < 1.29 is 0 Å². The van der Waals surface area contributed by atoms with E-state index in [0.717, 1.165) is 25.1 Å². The van der Waals surface area contributed by atoms with Crippen molar-refractivity contribution in [2.45, 2.75) is 13.0 Å². The Bertz CT molecular complexity index is 567. The van der Waals surface area contributed by atoms with E-state index in [-0.39, 0.29) is 5.84 Å². The Morgan fingerprint density at radius 3 is 2.70 bits per heavy atom. The second-order valence-electron chi connectivity index (χ2n) is 4.77. The molecule has 2 rings (SSSR count).